The molecule has 2 nitrogen and oxygen atoms in total. The van der Waals surface area contributed by atoms with Gasteiger partial charge >= 0.3 is 0 Å². The molecule has 4 saturated heterocycles. The van der Waals surface area contributed by atoms with Gasteiger partial charge in [-0.2, -0.15) is 0 Å². The zero-order valence-corrected chi connectivity index (χ0v) is 12.7. The molecule has 0 N–H and O–H groups in total. The smallest absolute Gasteiger partial charge is 0.188 e. The average Bonchev–Trinajstić information content (AvgIpc) is 3.06. The molecule has 9 rings (SSSR count). The van der Waals surface area contributed by atoms with Gasteiger partial charge in [0, 0.05) is 24.0 Å². The van der Waals surface area contributed by atoms with Crippen LogP contribution in [0.2, 0.25) is 0 Å². The second-order valence-electron chi connectivity index (χ2n) is 8.27. The first-order valence-corrected chi connectivity index (χ1v) is 9.09. The van der Waals surface area contributed by atoms with Crippen LogP contribution in [0.4, 0.5) is 0 Å². The summed E-state index contributed by atoms with van der Waals surface area (Å²) in [5, 5.41) is 5.21. The van der Waals surface area contributed by atoms with Gasteiger partial charge in [0.25, 0.3) is 0 Å². The number of hydrazine groups is 1. The molecule has 20 heavy (non-hydrogen) atoms. The summed E-state index contributed by atoms with van der Waals surface area (Å²) in [5.74, 6) is 5.69. The first-order chi connectivity index (χ1) is 9.71. The number of fused-ring (bicyclic) bond motifs is 1. The first kappa shape index (κ1) is 10.9. The molecule has 0 aromatic rings. The largest absolute Gasteiger partial charge is 0.231 e. The maximum absolute atomic E-state index is 6.95. The van der Waals surface area contributed by atoms with Crippen molar-refractivity contribution in [1.29, 1.82) is 0 Å². The average molecular weight is 309 g/mol. The summed E-state index contributed by atoms with van der Waals surface area (Å²) in [4.78, 5) is 0. The number of piperidine rings is 1. The van der Waals surface area contributed by atoms with E-state index < -0.39 is 4.46 Å². The van der Waals surface area contributed by atoms with E-state index in [0.29, 0.717) is 18.0 Å². The second kappa shape index (κ2) is 2.87. The van der Waals surface area contributed by atoms with Crippen LogP contribution in [0.3, 0.4) is 0 Å². The van der Waals surface area contributed by atoms with Crippen molar-refractivity contribution in [3.8, 4) is 0 Å². The number of nitrogens with zero attached hydrogens (tertiary/aromatic N) is 2. The Balaban J connectivity index is 1.56. The van der Waals surface area contributed by atoms with E-state index in [2.05, 4.69) is 22.2 Å². The molecule has 4 heterocycles. The third-order valence-corrected chi connectivity index (χ3v) is 9.12. The molecular formula is C16H18Cl2N2. The van der Waals surface area contributed by atoms with Crippen molar-refractivity contribution in [3.63, 3.8) is 0 Å². The van der Waals surface area contributed by atoms with E-state index in [4.69, 9.17) is 23.2 Å². The molecule has 9 aliphatic rings. The topological polar surface area (TPSA) is 6.48 Å². The van der Waals surface area contributed by atoms with Gasteiger partial charge in [-0.25, -0.2) is 10.0 Å². The molecule has 0 aromatic carbocycles. The van der Waals surface area contributed by atoms with E-state index in [9.17, 15) is 0 Å². The number of allylic oxidation sites excluding steroid dienone is 1. The molecule has 7 bridgehead atoms. The molecule has 8 fully saturated rings. The van der Waals surface area contributed by atoms with Gasteiger partial charge < -0.3 is 0 Å². The zero-order valence-electron chi connectivity index (χ0n) is 11.2. The predicted molar refractivity (Wildman–Crippen MR) is 76.9 cm³/mol. The van der Waals surface area contributed by atoms with Gasteiger partial charge in [-0.15, -0.1) is 0 Å². The summed E-state index contributed by atoms with van der Waals surface area (Å²) in [5.41, 5.74) is 0. The van der Waals surface area contributed by atoms with Gasteiger partial charge in [-0.1, -0.05) is 35.4 Å². The number of hydrogen-bond donors (Lipinski definition) is 0. The standard InChI is InChI=1S/C16H18Cl2N2/c17-16(18)12-8-4-5-9-11-10(8)14-7-3-1-2-6(7)13(11)19(15(9)12)20(14)16/h1,3,6-15H,2,4-5H2. The van der Waals surface area contributed by atoms with Gasteiger partial charge in [0.1, 0.15) is 0 Å². The highest BCUT2D eigenvalue weighted by Crippen LogP contribution is 2.78. The van der Waals surface area contributed by atoms with Crippen LogP contribution < -0.4 is 0 Å². The summed E-state index contributed by atoms with van der Waals surface area (Å²) in [6, 6.07) is 2.05. The molecule has 10 atom stereocenters. The van der Waals surface area contributed by atoms with Gasteiger partial charge in [-0.05, 0) is 54.8 Å². The van der Waals surface area contributed by atoms with Crippen LogP contribution >= 0.6 is 23.2 Å². The summed E-state index contributed by atoms with van der Waals surface area (Å²) in [7, 11) is 0. The molecule has 0 spiro atoms. The van der Waals surface area contributed by atoms with Gasteiger partial charge in [-0.3, -0.25) is 0 Å². The molecule has 106 valence electrons. The molecule has 0 radical (unpaired) electrons. The van der Waals surface area contributed by atoms with Crippen molar-refractivity contribution < 1.29 is 0 Å². The fraction of sp³-hybridized carbons (Fsp3) is 0.875. The molecule has 10 unspecified atom stereocenters. The SMILES string of the molecule is ClC1(Cl)C2C3CCC4C5C3C3C6C=CCC6C5N(C42)N31. The van der Waals surface area contributed by atoms with Gasteiger partial charge in [0.05, 0.1) is 0 Å². The molecule has 0 amide bonds. The Bertz CT molecular complexity index is 575. The molecular weight excluding hydrogens is 291 g/mol. The van der Waals surface area contributed by atoms with E-state index in [1.165, 1.54) is 19.3 Å². The van der Waals surface area contributed by atoms with Crippen LogP contribution in [0.15, 0.2) is 12.2 Å². The van der Waals surface area contributed by atoms with Crippen molar-refractivity contribution in [2.24, 2.45) is 41.4 Å². The highest BCUT2D eigenvalue weighted by Gasteiger charge is 2.84. The summed E-state index contributed by atoms with van der Waals surface area (Å²) >= 11 is 13.9. The molecule has 0 aromatic heterocycles. The lowest BCUT2D eigenvalue weighted by atomic mass is 9.45. The number of alkyl halides is 2. The molecule has 4 aliphatic heterocycles. The van der Waals surface area contributed by atoms with Crippen LogP contribution in [-0.2, 0) is 0 Å². The van der Waals surface area contributed by atoms with Gasteiger partial charge in [0.2, 0.25) is 0 Å². The zero-order chi connectivity index (χ0) is 13.0. The Morgan fingerprint density at radius 3 is 2.65 bits per heavy atom. The predicted octanol–water partition coefficient (Wildman–Crippen LogP) is 2.88. The molecule has 4 heteroatoms. The Morgan fingerprint density at radius 1 is 0.950 bits per heavy atom. The Morgan fingerprint density at radius 2 is 1.75 bits per heavy atom. The van der Waals surface area contributed by atoms with E-state index in [1.54, 1.807) is 0 Å². The van der Waals surface area contributed by atoms with Crippen LogP contribution in [0, 0.1) is 41.4 Å². The number of rotatable bonds is 0. The van der Waals surface area contributed by atoms with Crippen LogP contribution in [0.1, 0.15) is 19.3 Å². The molecule has 5 aliphatic carbocycles. The summed E-state index contributed by atoms with van der Waals surface area (Å²) in [6.45, 7) is 0. The first-order valence-electron chi connectivity index (χ1n) is 8.33. The van der Waals surface area contributed by atoms with Crippen molar-refractivity contribution >= 4 is 23.2 Å². The third kappa shape index (κ3) is 0.782. The Labute approximate surface area is 129 Å². The summed E-state index contributed by atoms with van der Waals surface area (Å²) < 4.78 is -0.611. The lowest BCUT2D eigenvalue weighted by Gasteiger charge is -2.68. The second-order valence-corrected chi connectivity index (χ2v) is 9.62. The Kier molecular flexibility index (Phi) is 1.56. The van der Waals surface area contributed by atoms with E-state index in [1.807, 2.05) is 0 Å². The fourth-order valence-electron chi connectivity index (χ4n) is 8.28. The Hall–Kier alpha value is 0.240. The van der Waals surface area contributed by atoms with Crippen molar-refractivity contribution in [2.45, 2.75) is 41.8 Å². The highest BCUT2D eigenvalue weighted by molar-refractivity contribution is 6.48. The van der Waals surface area contributed by atoms with Crippen molar-refractivity contribution in [1.82, 2.24) is 10.0 Å². The fourth-order valence-corrected chi connectivity index (χ4v) is 9.26. The van der Waals surface area contributed by atoms with Crippen LogP contribution in [0.25, 0.3) is 0 Å². The summed E-state index contributed by atoms with van der Waals surface area (Å²) in [6.07, 6.45) is 9.06. The number of hydrogen-bond acceptors (Lipinski definition) is 2. The lowest BCUT2D eigenvalue weighted by Crippen LogP contribution is -2.76. The highest BCUT2D eigenvalue weighted by atomic mass is 35.5. The maximum atomic E-state index is 6.95. The van der Waals surface area contributed by atoms with E-state index >= 15 is 0 Å². The maximum Gasteiger partial charge on any atom is 0.188 e. The minimum atomic E-state index is -0.611. The normalized spacial score (nSPS) is 69.7. The quantitative estimate of drug-likeness (QED) is 0.386. The van der Waals surface area contributed by atoms with Gasteiger partial charge in [0.15, 0.2) is 4.46 Å². The van der Waals surface area contributed by atoms with E-state index in [0.717, 1.165) is 41.5 Å². The lowest BCUT2D eigenvalue weighted by molar-refractivity contribution is -0.237. The number of halogens is 2. The molecule has 4 saturated carbocycles. The van der Waals surface area contributed by atoms with Crippen LogP contribution in [0.5, 0.6) is 0 Å². The minimum Gasteiger partial charge on any atom is -0.231 e. The third-order valence-electron chi connectivity index (χ3n) is 8.27. The van der Waals surface area contributed by atoms with E-state index in [-0.39, 0.29) is 0 Å². The van der Waals surface area contributed by atoms with Crippen molar-refractivity contribution in [2.75, 3.05) is 0 Å². The monoisotopic (exact) mass is 308 g/mol. The minimum absolute atomic E-state index is 0.523. The van der Waals surface area contributed by atoms with Crippen molar-refractivity contribution in [3.05, 3.63) is 12.2 Å². The van der Waals surface area contributed by atoms with Crippen LogP contribution in [-0.4, -0.2) is 32.6 Å².